The number of allylic oxidation sites excluding steroid dienone is 1. The Hall–Kier alpha value is -2.61. The highest BCUT2D eigenvalue weighted by Crippen LogP contribution is 2.36. The molecule has 2 heteroatoms. The van der Waals surface area contributed by atoms with Crippen molar-refractivity contribution in [3.05, 3.63) is 59.9 Å². The Morgan fingerprint density at radius 3 is 2.95 bits per heavy atom. The number of rotatable bonds is 0. The summed E-state index contributed by atoms with van der Waals surface area (Å²) in [4.78, 5) is 4.80. The highest BCUT2D eigenvalue weighted by atomic mass is 16.3. The monoisotopic (exact) mass is 271 g/mol. The van der Waals surface area contributed by atoms with Gasteiger partial charge in [0, 0.05) is 21.7 Å². The van der Waals surface area contributed by atoms with Crippen molar-refractivity contribution in [1.29, 1.82) is 0 Å². The highest BCUT2D eigenvalue weighted by molar-refractivity contribution is 6.10. The predicted molar refractivity (Wildman–Crippen MR) is 86.4 cm³/mol. The first kappa shape index (κ1) is 11.1. The van der Waals surface area contributed by atoms with E-state index in [2.05, 4.69) is 42.5 Å². The van der Waals surface area contributed by atoms with Gasteiger partial charge in [-0.15, -0.1) is 0 Å². The summed E-state index contributed by atoms with van der Waals surface area (Å²) in [7, 11) is 0. The van der Waals surface area contributed by atoms with E-state index < -0.39 is 0 Å². The molecule has 0 radical (unpaired) electrons. The molecule has 0 bridgehead atoms. The van der Waals surface area contributed by atoms with E-state index in [1.807, 2.05) is 12.1 Å². The Labute approximate surface area is 121 Å². The molecule has 0 spiro atoms. The van der Waals surface area contributed by atoms with E-state index in [0.29, 0.717) is 0 Å². The van der Waals surface area contributed by atoms with E-state index in [9.17, 15) is 0 Å². The van der Waals surface area contributed by atoms with Gasteiger partial charge in [-0.3, -0.25) is 0 Å². The van der Waals surface area contributed by atoms with Gasteiger partial charge in [0.1, 0.15) is 11.3 Å². The number of nitrogens with zero attached hydrogens (tertiary/aromatic N) is 1. The summed E-state index contributed by atoms with van der Waals surface area (Å²) in [5.41, 5.74) is 4.38. The van der Waals surface area contributed by atoms with Crippen LogP contribution < -0.4 is 0 Å². The van der Waals surface area contributed by atoms with Crippen molar-refractivity contribution in [3.8, 4) is 0 Å². The standard InChI is InChI=1S/C19H13NO/c1-3-7-15-12(5-1)11-14-16(20-15)9-10-18-19(14)13-6-2-4-8-17(13)21-18/h1,3-5,7-11H,2,6H2. The first-order valence-corrected chi connectivity index (χ1v) is 7.30. The van der Waals surface area contributed by atoms with Crippen molar-refractivity contribution < 1.29 is 4.42 Å². The summed E-state index contributed by atoms with van der Waals surface area (Å²) in [6.07, 6.45) is 6.41. The third kappa shape index (κ3) is 1.50. The smallest absolute Gasteiger partial charge is 0.135 e. The summed E-state index contributed by atoms with van der Waals surface area (Å²) in [6.45, 7) is 0. The summed E-state index contributed by atoms with van der Waals surface area (Å²) in [6, 6.07) is 14.6. The van der Waals surface area contributed by atoms with Gasteiger partial charge in [0.15, 0.2) is 0 Å². The number of fused-ring (bicyclic) bond motifs is 6. The zero-order chi connectivity index (χ0) is 13.8. The fraction of sp³-hybridized carbons (Fsp3) is 0.105. The summed E-state index contributed by atoms with van der Waals surface area (Å²) < 4.78 is 6.00. The summed E-state index contributed by atoms with van der Waals surface area (Å²) >= 11 is 0. The minimum absolute atomic E-state index is 0.969. The highest BCUT2D eigenvalue weighted by Gasteiger charge is 2.17. The lowest BCUT2D eigenvalue weighted by atomic mass is 9.98. The summed E-state index contributed by atoms with van der Waals surface area (Å²) in [5, 5.41) is 3.62. The maximum atomic E-state index is 6.00. The van der Waals surface area contributed by atoms with Crippen LogP contribution in [0.3, 0.4) is 0 Å². The number of hydrogen-bond donors (Lipinski definition) is 0. The Morgan fingerprint density at radius 1 is 1.00 bits per heavy atom. The average molecular weight is 271 g/mol. The van der Waals surface area contributed by atoms with Crippen LogP contribution >= 0.6 is 0 Å². The number of benzene rings is 2. The minimum atomic E-state index is 0.969. The zero-order valence-electron chi connectivity index (χ0n) is 11.5. The van der Waals surface area contributed by atoms with Crippen molar-refractivity contribution in [2.75, 3.05) is 0 Å². The molecule has 0 aliphatic heterocycles. The van der Waals surface area contributed by atoms with Crippen LogP contribution in [0, 0.1) is 0 Å². The van der Waals surface area contributed by atoms with Gasteiger partial charge in [0.2, 0.25) is 0 Å². The third-order valence-corrected chi connectivity index (χ3v) is 4.31. The molecular weight excluding hydrogens is 258 g/mol. The van der Waals surface area contributed by atoms with Crippen LogP contribution in [0.5, 0.6) is 0 Å². The van der Waals surface area contributed by atoms with Gasteiger partial charge in [-0.2, -0.15) is 0 Å². The largest absolute Gasteiger partial charge is 0.456 e. The summed E-state index contributed by atoms with van der Waals surface area (Å²) in [5.74, 6) is 1.01. The van der Waals surface area contributed by atoms with Gasteiger partial charge in [0.25, 0.3) is 0 Å². The zero-order valence-corrected chi connectivity index (χ0v) is 11.5. The second-order valence-electron chi connectivity index (χ2n) is 5.57. The molecule has 0 amide bonds. The Balaban J connectivity index is 2.00. The van der Waals surface area contributed by atoms with Crippen LogP contribution in [0.4, 0.5) is 0 Å². The van der Waals surface area contributed by atoms with Gasteiger partial charge in [-0.1, -0.05) is 24.3 Å². The molecule has 1 aliphatic rings. The van der Waals surface area contributed by atoms with Crippen LogP contribution in [0.15, 0.2) is 53.0 Å². The van der Waals surface area contributed by atoms with Gasteiger partial charge in [-0.05, 0) is 43.2 Å². The lowest BCUT2D eigenvalue weighted by Gasteiger charge is -2.06. The lowest BCUT2D eigenvalue weighted by Crippen LogP contribution is -1.90. The van der Waals surface area contributed by atoms with E-state index in [4.69, 9.17) is 9.40 Å². The van der Waals surface area contributed by atoms with Gasteiger partial charge in [0.05, 0.1) is 11.0 Å². The number of pyridine rings is 1. The van der Waals surface area contributed by atoms with Crippen LogP contribution in [0.25, 0.3) is 38.9 Å². The van der Waals surface area contributed by atoms with Crippen LogP contribution in [0.1, 0.15) is 17.7 Å². The number of para-hydroxylation sites is 1. The molecule has 0 atom stereocenters. The van der Waals surface area contributed by atoms with E-state index in [1.165, 1.54) is 21.7 Å². The van der Waals surface area contributed by atoms with Crippen LogP contribution in [-0.2, 0) is 6.42 Å². The predicted octanol–water partition coefficient (Wildman–Crippen LogP) is 5.09. The SMILES string of the molecule is C1=Cc2oc3ccc4nc5ccccc5cc4c3c2CC1. The van der Waals surface area contributed by atoms with E-state index in [0.717, 1.165) is 35.2 Å². The Kier molecular flexibility index (Phi) is 2.09. The molecule has 0 saturated carbocycles. The maximum Gasteiger partial charge on any atom is 0.135 e. The normalized spacial score (nSPS) is 14.1. The number of aryl methyl sites for hydroxylation is 1. The molecular formula is C19H13NO. The molecule has 2 nitrogen and oxygen atoms in total. The number of furan rings is 1. The van der Waals surface area contributed by atoms with Gasteiger partial charge >= 0.3 is 0 Å². The first-order valence-electron chi connectivity index (χ1n) is 7.30. The van der Waals surface area contributed by atoms with Gasteiger partial charge < -0.3 is 4.42 Å². The molecule has 4 aromatic rings. The second kappa shape index (κ2) is 3.95. The Morgan fingerprint density at radius 2 is 1.95 bits per heavy atom. The van der Waals surface area contributed by atoms with Crippen molar-refractivity contribution in [3.63, 3.8) is 0 Å². The Bertz CT molecular complexity index is 1040. The second-order valence-corrected chi connectivity index (χ2v) is 5.57. The molecule has 100 valence electrons. The first-order chi connectivity index (χ1) is 10.4. The molecule has 2 aromatic carbocycles. The molecule has 0 saturated heterocycles. The fourth-order valence-electron chi connectivity index (χ4n) is 3.33. The van der Waals surface area contributed by atoms with Crippen molar-refractivity contribution in [1.82, 2.24) is 4.98 Å². The molecule has 0 fully saturated rings. The number of aromatic nitrogens is 1. The molecule has 2 aromatic heterocycles. The van der Waals surface area contributed by atoms with Crippen LogP contribution in [-0.4, -0.2) is 4.98 Å². The molecule has 0 unspecified atom stereocenters. The van der Waals surface area contributed by atoms with Gasteiger partial charge in [-0.25, -0.2) is 4.98 Å². The third-order valence-electron chi connectivity index (χ3n) is 4.31. The van der Waals surface area contributed by atoms with E-state index in [1.54, 1.807) is 0 Å². The van der Waals surface area contributed by atoms with Crippen molar-refractivity contribution in [2.45, 2.75) is 12.8 Å². The minimum Gasteiger partial charge on any atom is -0.456 e. The van der Waals surface area contributed by atoms with E-state index in [-0.39, 0.29) is 0 Å². The molecule has 0 N–H and O–H groups in total. The van der Waals surface area contributed by atoms with Crippen molar-refractivity contribution in [2.24, 2.45) is 0 Å². The van der Waals surface area contributed by atoms with E-state index >= 15 is 0 Å². The molecule has 21 heavy (non-hydrogen) atoms. The quantitative estimate of drug-likeness (QED) is 0.416. The molecule has 1 aliphatic carbocycles. The van der Waals surface area contributed by atoms with Crippen LogP contribution in [0.2, 0.25) is 0 Å². The van der Waals surface area contributed by atoms with Crippen molar-refractivity contribution >= 4 is 38.9 Å². The fourth-order valence-corrected chi connectivity index (χ4v) is 3.33. The molecule has 5 rings (SSSR count). The average Bonchev–Trinajstić information content (AvgIpc) is 2.92. The topological polar surface area (TPSA) is 26.0 Å². The maximum absolute atomic E-state index is 6.00. The lowest BCUT2D eigenvalue weighted by molar-refractivity contribution is 0.595. The molecule has 2 heterocycles. The number of hydrogen-bond acceptors (Lipinski definition) is 2.